The maximum atomic E-state index is 5.80. The third-order valence-electron chi connectivity index (χ3n) is 3.03. The molecule has 0 aliphatic carbocycles. The van der Waals surface area contributed by atoms with Crippen molar-refractivity contribution in [2.24, 2.45) is 10.9 Å². The van der Waals surface area contributed by atoms with Crippen molar-refractivity contribution in [3.05, 3.63) is 0 Å². The van der Waals surface area contributed by atoms with Gasteiger partial charge in [0.25, 0.3) is 0 Å². The molecule has 0 amide bonds. The molecule has 1 heterocycles. The first kappa shape index (κ1) is 11.5. The van der Waals surface area contributed by atoms with Gasteiger partial charge in [-0.25, -0.2) is 0 Å². The zero-order chi connectivity index (χ0) is 10.6. The van der Waals surface area contributed by atoms with Crippen molar-refractivity contribution in [2.45, 2.75) is 65.0 Å². The van der Waals surface area contributed by atoms with E-state index in [9.17, 15) is 0 Å². The van der Waals surface area contributed by atoms with Gasteiger partial charge in [-0.3, -0.25) is 4.99 Å². The lowest BCUT2D eigenvalue weighted by Gasteiger charge is -2.34. The summed E-state index contributed by atoms with van der Waals surface area (Å²) in [6, 6.07) is 0.363. The summed E-state index contributed by atoms with van der Waals surface area (Å²) >= 11 is 0. The van der Waals surface area contributed by atoms with E-state index in [1.165, 1.54) is 12.8 Å². The van der Waals surface area contributed by atoms with Crippen molar-refractivity contribution in [1.82, 2.24) is 0 Å². The van der Waals surface area contributed by atoms with Gasteiger partial charge in [0, 0.05) is 0 Å². The highest BCUT2D eigenvalue weighted by atomic mass is 16.5. The van der Waals surface area contributed by atoms with Gasteiger partial charge >= 0.3 is 0 Å². The van der Waals surface area contributed by atoms with Crippen LogP contribution in [-0.2, 0) is 4.74 Å². The Morgan fingerprint density at radius 2 is 1.86 bits per heavy atom. The molecule has 0 saturated heterocycles. The van der Waals surface area contributed by atoms with Crippen LogP contribution in [-0.4, -0.2) is 18.0 Å². The quantitative estimate of drug-likeness (QED) is 0.662. The number of hydrogen-bond donors (Lipinski definition) is 0. The van der Waals surface area contributed by atoms with E-state index in [0.717, 1.165) is 12.8 Å². The standard InChI is InChI=1S/C12H23NO/c1-5-7-12(8-6-2)11(10(3)4)13-9-14-12/h9-11H,5-8H2,1-4H3. The van der Waals surface area contributed by atoms with Gasteiger partial charge < -0.3 is 4.74 Å². The van der Waals surface area contributed by atoms with Crippen LogP contribution in [0.15, 0.2) is 4.99 Å². The molecule has 0 fully saturated rings. The van der Waals surface area contributed by atoms with E-state index >= 15 is 0 Å². The minimum atomic E-state index is 0.0116. The number of hydrogen-bond acceptors (Lipinski definition) is 2. The van der Waals surface area contributed by atoms with Gasteiger partial charge in [0.2, 0.25) is 0 Å². The third kappa shape index (κ3) is 2.10. The highest BCUT2D eigenvalue weighted by Crippen LogP contribution is 2.36. The lowest BCUT2D eigenvalue weighted by atomic mass is 9.80. The molecule has 0 spiro atoms. The van der Waals surface area contributed by atoms with Crippen LogP contribution in [0.3, 0.4) is 0 Å². The largest absolute Gasteiger partial charge is 0.475 e. The van der Waals surface area contributed by atoms with Gasteiger partial charge in [0.1, 0.15) is 5.60 Å². The van der Waals surface area contributed by atoms with E-state index < -0.39 is 0 Å². The molecule has 0 bridgehead atoms. The molecule has 2 nitrogen and oxygen atoms in total. The maximum Gasteiger partial charge on any atom is 0.170 e. The summed E-state index contributed by atoms with van der Waals surface area (Å²) in [5.41, 5.74) is 0.0116. The summed E-state index contributed by atoms with van der Waals surface area (Å²) in [4.78, 5) is 4.48. The molecule has 1 aliphatic rings. The fraction of sp³-hybridized carbons (Fsp3) is 0.917. The van der Waals surface area contributed by atoms with E-state index in [2.05, 4.69) is 32.7 Å². The van der Waals surface area contributed by atoms with Crippen LogP contribution in [0.4, 0.5) is 0 Å². The predicted molar refractivity (Wildman–Crippen MR) is 60.8 cm³/mol. The monoisotopic (exact) mass is 197 g/mol. The van der Waals surface area contributed by atoms with Crippen LogP contribution >= 0.6 is 0 Å². The molecule has 1 aliphatic heterocycles. The van der Waals surface area contributed by atoms with Crippen LogP contribution < -0.4 is 0 Å². The first-order valence-corrected chi connectivity index (χ1v) is 5.85. The van der Waals surface area contributed by atoms with Crippen molar-refractivity contribution >= 4 is 6.40 Å². The van der Waals surface area contributed by atoms with Crippen LogP contribution in [0.1, 0.15) is 53.4 Å². The smallest absolute Gasteiger partial charge is 0.170 e. The van der Waals surface area contributed by atoms with Gasteiger partial charge in [0.05, 0.1) is 6.04 Å². The van der Waals surface area contributed by atoms with Crippen molar-refractivity contribution in [3.63, 3.8) is 0 Å². The Kier molecular flexibility index (Phi) is 3.97. The van der Waals surface area contributed by atoms with E-state index in [0.29, 0.717) is 12.0 Å². The highest BCUT2D eigenvalue weighted by molar-refractivity contribution is 5.51. The van der Waals surface area contributed by atoms with Gasteiger partial charge in [-0.2, -0.15) is 0 Å². The average molecular weight is 197 g/mol. The number of ether oxygens (including phenoxy) is 1. The van der Waals surface area contributed by atoms with E-state index in [1.54, 1.807) is 6.40 Å². The molecule has 14 heavy (non-hydrogen) atoms. The maximum absolute atomic E-state index is 5.80. The summed E-state index contributed by atoms with van der Waals surface area (Å²) in [5.74, 6) is 0.576. The molecular weight excluding hydrogens is 174 g/mol. The minimum absolute atomic E-state index is 0.0116. The fourth-order valence-electron chi connectivity index (χ4n) is 2.57. The second-order valence-electron chi connectivity index (χ2n) is 4.63. The Hall–Kier alpha value is -0.530. The molecule has 1 unspecified atom stereocenters. The molecule has 0 aromatic heterocycles. The van der Waals surface area contributed by atoms with Crippen molar-refractivity contribution in [2.75, 3.05) is 0 Å². The molecule has 0 aromatic carbocycles. The molecule has 1 atom stereocenters. The van der Waals surface area contributed by atoms with Gasteiger partial charge in [-0.1, -0.05) is 40.5 Å². The SMILES string of the molecule is CCCC1(CCC)OC=NC1C(C)C. The topological polar surface area (TPSA) is 21.6 Å². The normalized spacial score (nSPS) is 24.2. The summed E-state index contributed by atoms with van der Waals surface area (Å²) in [5, 5.41) is 0. The first-order valence-electron chi connectivity index (χ1n) is 5.85. The van der Waals surface area contributed by atoms with Gasteiger partial charge in [0.15, 0.2) is 6.40 Å². The second-order valence-corrected chi connectivity index (χ2v) is 4.63. The van der Waals surface area contributed by atoms with Crippen molar-refractivity contribution < 1.29 is 4.74 Å². The highest BCUT2D eigenvalue weighted by Gasteiger charge is 2.43. The molecule has 0 N–H and O–H groups in total. The van der Waals surface area contributed by atoms with E-state index in [1.807, 2.05) is 0 Å². The zero-order valence-corrected chi connectivity index (χ0v) is 9.92. The van der Waals surface area contributed by atoms with Gasteiger partial charge in [-0.15, -0.1) is 0 Å². The molecule has 0 saturated carbocycles. The lowest BCUT2D eigenvalue weighted by Crippen LogP contribution is -2.42. The summed E-state index contributed by atoms with van der Waals surface area (Å²) in [6.07, 6.45) is 6.28. The lowest BCUT2D eigenvalue weighted by molar-refractivity contribution is 0.0276. The van der Waals surface area contributed by atoms with E-state index in [-0.39, 0.29) is 5.60 Å². The van der Waals surface area contributed by atoms with Crippen LogP contribution in [0.2, 0.25) is 0 Å². The Morgan fingerprint density at radius 3 is 2.29 bits per heavy atom. The third-order valence-corrected chi connectivity index (χ3v) is 3.03. The molecule has 1 rings (SSSR count). The Bertz CT molecular complexity index is 192. The molecule has 0 radical (unpaired) electrons. The minimum Gasteiger partial charge on any atom is -0.475 e. The van der Waals surface area contributed by atoms with Crippen LogP contribution in [0, 0.1) is 5.92 Å². The predicted octanol–water partition coefficient (Wildman–Crippen LogP) is 3.41. The van der Waals surface area contributed by atoms with E-state index in [4.69, 9.17) is 4.74 Å². The molecule has 0 aromatic rings. The second kappa shape index (κ2) is 4.81. The Morgan fingerprint density at radius 1 is 1.29 bits per heavy atom. The summed E-state index contributed by atoms with van der Waals surface area (Å²) in [7, 11) is 0. The number of nitrogens with zero attached hydrogens (tertiary/aromatic N) is 1. The zero-order valence-electron chi connectivity index (χ0n) is 9.92. The van der Waals surface area contributed by atoms with Crippen molar-refractivity contribution in [1.29, 1.82) is 0 Å². The summed E-state index contributed by atoms with van der Waals surface area (Å²) in [6.45, 7) is 8.90. The van der Waals surface area contributed by atoms with Crippen LogP contribution in [0.25, 0.3) is 0 Å². The van der Waals surface area contributed by atoms with Gasteiger partial charge in [-0.05, 0) is 18.8 Å². The average Bonchev–Trinajstić information content (AvgIpc) is 2.50. The molecule has 82 valence electrons. The summed E-state index contributed by atoms with van der Waals surface area (Å²) < 4.78 is 5.80. The number of rotatable bonds is 5. The van der Waals surface area contributed by atoms with Crippen LogP contribution in [0.5, 0.6) is 0 Å². The number of aliphatic imine (C=N–C) groups is 1. The Labute approximate surface area is 87.8 Å². The molecule has 2 heteroatoms. The fourth-order valence-corrected chi connectivity index (χ4v) is 2.57. The van der Waals surface area contributed by atoms with Crippen molar-refractivity contribution in [3.8, 4) is 0 Å². The Balaban J connectivity index is 2.75. The first-order chi connectivity index (χ1) is 6.66. The molecular formula is C12H23NO.